The summed E-state index contributed by atoms with van der Waals surface area (Å²) in [4.78, 5) is 36.7. The van der Waals surface area contributed by atoms with E-state index in [4.69, 9.17) is 14.2 Å². The van der Waals surface area contributed by atoms with Gasteiger partial charge in [0.2, 0.25) is 0 Å². The Labute approximate surface area is 319 Å². The highest BCUT2D eigenvalue weighted by atomic mass is 16.6. The summed E-state index contributed by atoms with van der Waals surface area (Å²) < 4.78 is 17.1. The minimum atomic E-state index is -1.13. The SMILES string of the molecule is CCCCCCC/C=C/C=C/C=C/CCCCCCCC(=O)OC(COCCC(C(=O)[O-])[N+](C)(C)C)COC(=O)CCCCCCCCCCCC. The fourth-order valence-electron chi connectivity index (χ4n) is 6.01. The Bertz CT molecular complexity index is 953. The van der Waals surface area contributed by atoms with Crippen LogP contribution in [0.4, 0.5) is 0 Å². The summed E-state index contributed by atoms with van der Waals surface area (Å²) in [6, 6.07) is -0.727. The van der Waals surface area contributed by atoms with Crippen molar-refractivity contribution in [3.05, 3.63) is 36.5 Å². The van der Waals surface area contributed by atoms with Gasteiger partial charge in [0.15, 0.2) is 6.10 Å². The lowest BCUT2D eigenvalue weighted by atomic mass is 10.1. The molecule has 0 radical (unpaired) electrons. The van der Waals surface area contributed by atoms with E-state index in [2.05, 4.69) is 50.3 Å². The van der Waals surface area contributed by atoms with Crippen LogP contribution >= 0.6 is 0 Å². The van der Waals surface area contributed by atoms with Gasteiger partial charge in [0.05, 0.1) is 40.3 Å². The largest absolute Gasteiger partial charge is 0.544 e. The van der Waals surface area contributed by atoms with Gasteiger partial charge >= 0.3 is 11.9 Å². The number of ether oxygens (including phenoxy) is 3. The number of rotatable bonds is 37. The second kappa shape index (κ2) is 35.6. The molecule has 8 nitrogen and oxygen atoms in total. The van der Waals surface area contributed by atoms with Crippen molar-refractivity contribution in [2.24, 2.45) is 0 Å². The van der Waals surface area contributed by atoms with Crippen molar-refractivity contribution in [3.8, 4) is 0 Å². The monoisotopic (exact) mass is 734 g/mol. The first-order valence-corrected chi connectivity index (χ1v) is 21.0. The Morgan fingerprint density at radius 2 is 1.02 bits per heavy atom. The Morgan fingerprint density at radius 3 is 1.48 bits per heavy atom. The molecule has 0 bridgehead atoms. The van der Waals surface area contributed by atoms with Gasteiger partial charge in [0.1, 0.15) is 12.6 Å². The molecule has 0 aliphatic rings. The number of hydrogen-bond acceptors (Lipinski definition) is 7. The molecule has 0 heterocycles. The molecule has 52 heavy (non-hydrogen) atoms. The summed E-state index contributed by atoms with van der Waals surface area (Å²) >= 11 is 0. The predicted octanol–water partition coefficient (Wildman–Crippen LogP) is 9.74. The van der Waals surface area contributed by atoms with E-state index in [1.807, 2.05) is 0 Å². The number of quaternary nitrogens is 1. The molecule has 0 fully saturated rings. The number of carbonyl (C=O) groups is 3. The molecule has 302 valence electrons. The van der Waals surface area contributed by atoms with Gasteiger partial charge in [-0.25, -0.2) is 0 Å². The van der Waals surface area contributed by atoms with Crippen molar-refractivity contribution >= 4 is 17.9 Å². The molecule has 0 saturated carbocycles. The summed E-state index contributed by atoms with van der Waals surface area (Å²) in [7, 11) is 5.39. The van der Waals surface area contributed by atoms with E-state index >= 15 is 0 Å². The lowest BCUT2D eigenvalue weighted by molar-refractivity contribution is -0.889. The predicted molar refractivity (Wildman–Crippen MR) is 213 cm³/mol. The lowest BCUT2D eigenvalue weighted by Crippen LogP contribution is -2.55. The van der Waals surface area contributed by atoms with E-state index < -0.39 is 18.1 Å². The zero-order valence-electron chi connectivity index (χ0n) is 34.2. The van der Waals surface area contributed by atoms with Crippen molar-refractivity contribution in [3.63, 3.8) is 0 Å². The molecule has 2 unspecified atom stereocenters. The average molecular weight is 734 g/mol. The summed E-state index contributed by atoms with van der Waals surface area (Å²) in [5.74, 6) is -1.76. The van der Waals surface area contributed by atoms with Crippen LogP contribution in [0.3, 0.4) is 0 Å². The number of hydrogen-bond donors (Lipinski definition) is 0. The first-order valence-electron chi connectivity index (χ1n) is 21.0. The van der Waals surface area contributed by atoms with Gasteiger partial charge in [-0.2, -0.15) is 0 Å². The fraction of sp³-hybridized carbons (Fsp3) is 0.795. The maximum Gasteiger partial charge on any atom is 0.306 e. The molecule has 0 aliphatic carbocycles. The molecule has 0 aromatic heterocycles. The van der Waals surface area contributed by atoms with Gasteiger partial charge in [0, 0.05) is 19.3 Å². The van der Waals surface area contributed by atoms with E-state index in [1.54, 1.807) is 21.1 Å². The number of likely N-dealkylation sites (N-methyl/N-ethyl adjacent to an activating group) is 1. The topological polar surface area (TPSA) is 102 Å². The van der Waals surface area contributed by atoms with Gasteiger partial charge in [-0.3, -0.25) is 9.59 Å². The summed E-state index contributed by atoms with van der Waals surface area (Å²) in [6.07, 6.45) is 38.8. The average Bonchev–Trinajstić information content (AvgIpc) is 3.09. The number of carboxylic acids is 1. The zero-order valence-corrected chi connectivity index (χ0v) is 34.2. The number of esters is 2. The van der Waals surface area contributed by atoms with E-state index in [0.717, 1.165) is 64.2 Å². The lowest BCUT2D eigenvalue weighted by Gasteiger charge is -2.34. The van der Waals surface area contributed by atoms with Crippen LogP contribution in [0.15, 0.2) is 36.5 Å². The van der Waals surface area contributed by atoms with Crippen molar-refractivity contribution < 1.29 is 38.2 Å². The number of nitrogens with zero attached hydrogens (tertiary/aromatic N) is 1. The molecule has 0 N–H and O–H groups in total. The molecule has 0 saturated heterocycles. The smallest absolute Gasteiger partial charge is 0.306 e. The first kappa shape index (κ1) is 49.6. The zero-order chi connectivity index (χ0) is 38.5. The van der Waals surface area contributed by atoms with Gasteiger partial charge < -0.3 is 28.6 Å². The highest BCUT2D eigenvalue weighted by Gasteiger charge is 2.25. The highest BCUT2D eigenvalue weighted by molar-refractivity contribution is 5.70. The number of unbranched alkanes of at least 4 members (excludes halogenated alkanes) is 19. The maximum absolute atomic E-state index is 12.7. The summed E-state index contributed by atoms with van der Waals surface area (Å²) in [5.41, 5.74) is 0. The van der Waals surface area contributed by atoms with E-state index in [-0.39, 0.29) is 42.7 Å². The first-order chi connectivity index (χ1) is 25.1. The van der Waals surface area contributed by atoms with Gasteiger partial charge in [-0.05, 0) is 38.5 Å². The van der Waals surface area contributed by atoms with Crippen molar-refractivity contribution in [1.29, 1.82) is 0 Å². The molecule has 2 atom stereocenters. The van der Waals surface area contributed by atoms with Crippen LogP contribution in [0.1, 0.15) is 174 Å². The third kappa shape index (κ3) is 33.4. The molecule has 0 rings (SSSR count). The van der Waals surface area contributed by atoms with Gasteiger partial charge in [-0.15, -0.1) is 0 Å². The third-order valence-electron chi connectivity index (χ3n) is 9.34. The molecule has 8 heteroatoms. The minimum absolute atomic E-state index is 0.0340. The number of carbonyl (C=O) groups excluding carboxylic acids is 3. The summed E-state index contributed by atoms with van der Waals surface area (Å²) in [5, 5.41) is 11.6. The standard InChI is InChI=1S/C44H79NO7/c1-6-8-10-12-14-16-18-19-20-21-22-23-24-25-27-29-31-33-35-43(47)52-40(38-50-37-36-41(44(48)49)45(3,4)5)39-51-42(46)34-32-30-28-26-17-15-13-11-9-7-2/h18-23,40-41H,6-17,24-39H2,1-5H3/b19-18+,21-20+,23-22+. The molecule has 0 aromatic rings. The van der Waals surface area contributed by atoms with Crippen LogP contribution in [0, 0.1) is 0 Å². The minimum Gasteiger partial charge on any atom is -0.544 e. The van der Waals surface area contributed by atoms with Crippen LogP contribution in [-0.2, 0) is 28.6 Å². The number of allylic oxidation sites excluding steroid dienone is 6. The normalized spacial score (nSPS) is 13.3. The van der Waals surface area contributed by atoms with Crippen LogP contribution in [0.2, 0.25) is 0 Å². The molecule has 0 aromatic carbocycles. The fourth-order valence-corrected chi connectivity index (χ4v) is 6.01. The van der Waals surface area contributed by atoms with Gasteiger partial charge in [0.25, 0.3) is 0 Å². The Kier molecular flexibility index (Phi) is 33.9. The quantitative estimate of drug-likeness (QED) is 0.0271. The van der Waals surface area contributed by atoms with E-state index in [1.165, 1.54) is 77.0 Å². The van der Waals surface area contributed by atoms with Crippen molar-refractivity contribution in [1.82, 2.24) is 0 Å². The van der Waals surface area contributed by atoms with Crippen LogP contribution in [0.25, 0.3) is 0 Å². The van der Waals surface area contributed by atoms with E-state index in [9.17, 15) is 19.5 Å². The Balaban J connectivity index is 4.40. The molecule has 0 amide bonds. The van der Waals surface area contributed by atoms with Crippen LogP contribution < -0.4 is 5.11 Å². The van der Waals surface area contributed by atoms with Crippen LogP contribution in [-0.4, -0.2) is 75.5 Å². The highest BCUT2D eigenvalue weighted by Crippen LogP contribution is 2.13. The second-order valence-corrected chi connectivity index (χ2v) is 15.3. The summed E-state index contributed by atoms with van der Waals surface area (Å²) in [6.45, 7) is 4.61. The number of aliphatic carboxylic acids is 1. The molecule has 0 spiro atoms. The van der Waals surface area contributed by atoms with Crippen molar-refractivity contribution in [2.45, 2.75) is 187 Å². The molecule has 0 aliphatic heterocycles. The maximum atomic E-state index is 12.7. The van der Waals surface area contributed by atoms with Gasteiger partial charge in [-0.1, -0.05) is 153 Å². The van der Waals surface area contributed by atoms with E-state index in [0.29, 0.717) is 12.8 Å². The third-order valence-corrected chi connectivity index (χ3v) is 9.34. The molecular formula is C44H79NO7. The Morgan fingerprint density at radius 1 is 0.577 bits per heavy atom. The molecular weight excluding hydrogens is 654 g/mol. The van der Waals surface area contributed by atoms with Crippen LogP contribution in [0.5, 0.6) is 0 Å². The Hall–Kier alpha value is -2.45. The number of carboxylic acid groups (broad SMARTS) is 1. The second-order valence-electron chi connectivity index (χ2n) is 15.3. The van der Waals surface area contributed by atoms with Crippen molar-refractivity contribution in [2.75, 3.05) is 41.0 Å².